The number of carbonyl (C=O) groups is 1. The Kier molecular flexibility index (Phi) is 4.71. The fourth-order valence-corrected chi connectivity index (χ4v) is 1.91. The summed E-state index contributed by atoms with van der Waals surface area (Å²) in [7, 11) is 1.39. The van der Waals surface area contributed by atoms with Crippen molar-refractivity contribution in [3.63, 3.8) is 0 Å². The molecule has 1 aliphatic rings. The summed E-state index contributed by atoms with van der Waals surface area (Å²) in [5.41, 5.74) is 5.13. The third-order valence-corrected chi connectivity index (χ3v) is 2.83. The van der Waals surface area contributed by atoms with E-state index in [4.69, 9.17) is 5.73 Å². The molecule has 0 amide bonds. The Balaban J connectivity index is 0.00000144. The van der Waals surface area contributed by atoms with Crippen molar-refractivity contribution in [2.75, 3.05) is 7.11 Å². The minimum absolute atomic E-state index is 0. The first-order chi connectivity index (χ1) is 5.59. The number of nitrogens with two attached hydrogens (primary N) is 1. The van der Waals surface area contributed by atoms with Crippen LogP contribution in [-0.4, -0.2) is 18.6 Å². The molecule has 1 unspecified atom stereocenters. The van der Waals surface area contributed by atoms with Gasteiger partial charge in [-0.05, 0) is 25.7 Å². The average Bonchev–Trinajstić information content (AvgIpc) is 2.55. The molecule has 0 aromatic heterocycles. The first-order valence-electron chi connectivity index (χ1n) is 4.46. The number of hydrogen-bond acceptors (Lipinski definition) is 3. The van der Waals surface area contributed by atoms with Gasteiger partial charge in [-0.15, -0.1) is 12.4 Å². The van der Waals surface area contributed by atoms with Crippen LogP contribution in [0.25, 0.3) is 0 Å². The molecule has 3 nitrogen and oxygen atoms in total. The molecule has 0 aliphatic heterocycles. The number of ether oxygens (including phenoxy) is 1. The molecule has 78 valence electrons. The van der Waals surface area contributed by atoms with E-state index in [9.17, 15) is 4.79 Å². The maximum Gasteiger partial charge on any atom is 0.325 e. The fourth-order valence-electron chi connectivity index (χ4n) is 1.91. The minimum atomic E-state index is -0.773. The fraction of sp³-hybridized carbons (Fsp3) is 0.889. The van der Waals surface area contributed by atoms with Gasteiger partial charge in [0.2, 0.25) is 0 Å². The summed E-state index contributed by atoms with van der Waals surface area (Å²) in [6.07, 6.45) is 4.49. The summed E-state index contributed by atoms with van der Waals surface area (Å²) in [6.45, 7) is 1.77. The monoisotopic (exact) mass is 207 g/mol. The Morgan fingerprint density at radius 1 is 1.46 bits per heavy atom. The van der Waals surface area contributed by atoms with E-state index in [1.54, 1.807) is 6.92 Å². The van der Waals surface area contributed by atoms with Crippen molar-refractivity contribution >= 4 is 18.4 Å². The second kappa shape index (κ2) is 4.82. The molecule has 1 rings (SSSR count). The number of rotatable bonds is 2. The van der Waals surface area contributed by atoms with E-state index in [2.05, 4.69) is 4.74 Å². The topological polar surface area (TPSA) is 52.3 Å². The highest BCUT2D eigenvalue weighted by Gasteiger charge is 2.39. The van der Waals surface area contributed by atoms with Gasteiger partial charge < -0.3 is 10.5 Å². The average molecular weight is 208 g/mol. The highest BCUT2D eigenvalue weighted by atomic mass is 35.5. The van der Waals surface area contributed by atoms with Crippen molar-refractivity contribution in [2.45, 2.75) is 38.1 Å². The second-order valence-electron chi connectivity index (χ2n) is 3.76. The zero-order valence-electron chi connectivity index (χ0n) is 8.21. The molecule has 0 bridgehead atoms. The third-order valence-electron chi connectivity index (χ3n) is 2.83. The Labute approximate surface area is 85.4 Å². The predicted molar refractivity (Wildman–Crippen MR) is 53.8 cm³/mol. The van der Waals surface area contributed by atoms with Crippen LogP contribution in [0.3, 0.4) is 0 Å². The van der Waals surface area contributed by atoms with Crippen molar-refractivity contribution in [3.8, 4) is 0 Å². The van der Waals surface area contributed by atoms with Crippen LogP contribution in [0.5, 0.6) is 0 Å². The van der Waals surface area contributed by atoms with Crippen LogP contribution in [0.1, 0.15) is 32.6 Å². The lowest BCUT2D eigenvalue weighted by atomic mass is 9.85. The number of esters is 1. The minimum Gasteiger partial charge on any atom is -0.468 e. The van der Waals surface area contributed by atoms with Crippen LogP contribution >= 0.6 is 12.4 Å². The molecule has 1 atom stereocenters. The molecular weight excluding hydrogens is 190 g/mol. The Hall–Kier alpha value is -0.280. The lowest BCUT2D eigenvalue weighted by Gasteiger charge is -2.27. The molecule has 0 aromatic carbocycles. The van der Waals surface area contributed by atoms with Gasteiger partial charge in [0.05, 0.1) is 7.11 Å². The first kappa shape index (κ1) is 12.7. The molecule has 1 fully saturated rings. The van der Waals surface area contributed by atoms with Crippen molar-refractivity contribution in [2.24, 2.45) is 11.7 Å². The Morgan fingerprint density at radius 2 is 1.92 bits per heavy atom. The van der Waals surface area contributed by atoms with Gasteiger partial charge in [0, 0.05) is 0 Å². The highest BCUT2D eigenvalue weighted by molar-refractivity contribution is 5.85. The summed E-state index contributed by atoms with van der Waals surface area (Å²) < 4.78 is 4.66. The molecular formula is C9H18ClNO2. The van der Waals surface area contributed by atoms with E-state index in [1.165, 1.54) is 20.0 Å². The summed E-state index contributed by atoms with van der Waals surface area (Å²) in [6, 6.07) is 0. The maximum atomic E-state index is 11.3. The molecule has 2 N–H and O–H groups in total. The molecule has 0 spiro atoms. The van der Waals surface area contributed by atoms with Crippen LogP contribution in [0.15, 0.2) is 0 Å². The third kappa shape index (κ3) is 2.58. The van der Waals surface area contributed by atoms with Crippen LogP contribution in [0, 0.1) is 5.92 Å². The quantitative estimate of drug-likeness (QED) is 0.699. The predicted octanol–water partition coefficient (Wildman–Crippen LogP) is 1.49. The zero-order valence-corrected chi connectivity index (χ0v) is 9.02. The molecule has 1 saturated carbocycles. The van der Waals surface area contributed by atoms with Crippen molar-refractivity contribution < 1.29 is 9.53 Å². The number of carbonyl (C=O) groups excluding carboxylic acids is 1. The molecule has 0 radical (unpaired) electrons. The number of halogens is 1. The standard InChI is InChI=1S/C9H17NO2.ClH/c1-9(10,8(11)12-2)7-5-3-4-6-7;/h7H,3-6,10H2,1-2H3;1H. The van der Waals surface area contributed by atoms with E-state index in [0.717, 1.165) is 12.8 Å². The van der Waals surface area contributed by atoms with Gasteiger partial charge in [-0.1, -0.05) is 12.8 Å². The molecule has 1 aliphatic carbocycles. The van der Waals surface area contributed by atoms with Gasteiger partial charge in [0.1, 0.15) is 5.54 Å². The lowest BCUT2D eigenvalue weighted by Crippen LogP contribution is -2.51. The zero-order chi connectivity index (χ0) is 9.19. The van der Waals surface area contributed by atoms with Gasteiger partial charge in [-0.2, -0.15) is 0 Å². The van der Waals surface area contributed by atoms with Crippen molar-refractivity contribution in [1.29, 1.82) is 0 Å². The van der Waals surface area contributed by atoms with Crippen molar-refractivity contribution in [1.82, 2.24) is 0 Å². The Bertz CT molecular complexity index is 176. The second-order valence-corrected chi connectivity index (χ2v) is 3.76. The van der Waals surface area contributed by atoms with Gasteiger partial charge in [-0.3, -0.25) is 4.79 Å². The van der Waals surface area contributed by atoms with Crippen LogP contribution < -0.4 is 5.73 Å². The van der Waals surface area contributed by atoms with Crippen LogP contribution in [0.4, 0.5) is 0 Å². The van der Waals surface area contributed by atoms with Crippen LogP contribution in [-0.2, 0) is 9.53 Å². The van der Waals surface area contributed by atoms with E-state index in [-0.39, 0.29) is 18.4 Å². The van der Waals surface area contributed by atoms with E-state index < -0.39 is 5.54 Å². The lowest BCUT2D eigenvalue weighted by molar-refractivity contribution is -0.148. The van der Waals surface area contributed by atoms with Gasteiger partial charge in [0.25, 0.3) is 0 Å². The Morgan fingerprint density at radius 3 is 2.31 bits per heavy atom. The summed E-state index contributed by atoms with van der Waals surface area (Å²) in [4.78, 5) is 11.3. The maximum absolute atomic E-state index is 11.3. The van der Waals surface area contributed by atoms with E-state index in [1.807, 2.05) is 0 Å². The molecule has 4 heteroatoms. The largest absolute Gasteiger partial charge is 0.468 e. The number of methoxy groups -OCH3 is 1. The van der Waals surface area contributed by atoms with E-state index >= 15 is 0 Å². The SMILES string of the molecule is COC(=O)C(C)(N)C1CCCC1.Cl. The normalized spacial score (nSPS) is 21.8. The molecule has 0 aromatic rings. The highest BCUT2D eigenvalue weighted by Crippen LogP contribution is 2.32. The van der Waals surface area contributed by atoms with Crippen LogP contribution in [0.2, 0.25) is 0 Å². The summed E-state index contributed by atoms with van der Waals surface area (Å²) in [5.74, 6) is 0.0272. The van der Waals surface area contributed by atoms with Gasteiger partial charge in [-0.25, -0.2) is 0 Å². The van der Waals surface area contributed by atoms with Gasteiger partial charge >= 0.3 is 5.97 Å². The summed E-state index contributed by atoms with van der Waals surface area (Å²) in [5, 5.41) is 0. The summed E-state index contributed by atoms with van der Waals surface area (Å²) >= 11 is 0. The number of hydrogen-bond donors (Lipinski definition) is 1. The first-order valence-corrected chi connectivity index (χ1v) is 4.46. The molecule has 13 heavy (non-hydrogen) atoms. The molecule has 0 heterocycles. The molecule has 0 saturated heterocycles. The van der Waals surface area contributed by atoms with Gasteiger partial charge in [0.15, 0.2) is 0 Å². The smallest absolute Gasteiger partial charge is 0.325 e. The van der Waals surface area contributed by atoms with Crippen molar-refractivity contribution in [3.05, 3.63) is 0 Å². The van der Waals surface area contributed by atoms with E-state index in [0.29, 0.717) is 5.92 Å².